The Morgan fingerprint density at radius 2 is 1.81 bits per heavy atom. The Morgan fingerprint density at radius 3 is 2.69 bits per heavy atom. The number of pyridine rings is 1. The second-order valence-corrected chi connectivity index (χ2v) is 4.58. The van der Waals surface area contributed by atoms with E-state index in [4.69, 9.17) is 0 Å². The van der Waals surface area contributed by atoms with Crippen LogP contribution >= 0.6 is 0 Å². The van der Waals surface area contributed by atoms with Gasteiger partial charge in [-0.2, -0.15) is 0 Å². The molecule has 1 aromatic carbocycles. The monoisotopic (exact) mass is 210 g/mol. The number of hydrogen-bond acceptors (Lipinski definition) is 1. The largest absolute Gasteiger partial charge is 0.256 e. The van der Waals surface area contributed by atoms with Gasteiger partial charge in [-0.05, 0) is 30.5 Å². The molecule has 0 unspecified atom stereocenters. The van der Waals surface area contributed by atoms with E-state index >= 15 is 0 Å². The van der Waals surface area contributed by atoms with Crippen LogP contribution in [0.25, 0.3) is 10.9 Å². The first kappa shape index (κ1) is 9.83. The number of hydrogen-bond donors (Lipinski definition) is 0. The van der Waals surface area contributed by atoms with Crippen LogP contribution in [0.3, 0.4) is 0 Å². The minimum atomic E-state index is 1.12. The first-order valence-electron chi connectivity index (χ1n) is 6.13. The van der Waals surface area contributed by atoms with Crippen molar-refractivity contribution in [2.45, 2.75) is 32.1 Å². The summed E-state index contributed by atoms with van der Waals surface area (Å²) in [5.41, 5.74) is 2.53. The number of nitrogens with zero attached hydrogens (tertiary/aromatic N) is 1. The van der Waals surface area contributed by atoms with Crippen LogP contribution in [0.15, 0.2) is 36.5 Å². The predicted molar refractivity (Wildman–Crippen MR) is 67.2 cm³/mol. The van der Waals surface area contributed by atoms with Gasteiger partial charge in [-0.1, -0.05) is 37.5 Å². The Balaban J connectivity index is 1.97. The molecule has 1 heterocycles. The Labute approximate surface area is 96.5 Å². The van der Waals surface area contributed by atoms with Gasteiger partial charge in [-0.25, -0.2) is 0 Å². The Bertz CT molecular complexity index is 484. The molecule has 0 spiro atoms. The van der Waals surface area contributed by atoms with Crippen LogP contribution in [-0.4, -0.2) is 4.98 Å². The van der Waals surface area contributed by atoms with E-state index in [0.717, 1.165) is 5.52 Å². The highest BCUT2D eigenvalue weighted by Crippen LogP contribution is 2.32. The molecule has 3 rings (SSSR count). The third kappa shape index (κ3) is 1.82. The lowest BCUT2D eigenvalue weighted by Crippen LogP contribution is -2.05. The van der Waals surface area contributed by atoms with Gasteiger partial charge in [0.05, 0.1) is 5.52 Å². The minimum absolute atomic E-state index is 1.12. The summed E-state index contributed by atoms with van der Waals surface area (Å²) in [6.07, 6.45) is 8.54. The molecule has 0 N–H and O–H groups in total. The second kappa shape index (κ2) is 4.25. The molecule has 1 nitrogen and oxygen atoms in total. The topological polar surface area (TPSA) is 12.9 Å². The van der Waals surface area contributed by atoms with Crippen LogP contribution in [0.2, 0.25) is 0 Å². The summed E-state index contributed by atoms with van der Waals surface area (Å²) in [5, 5.41) is 1.24. The van der Waals surface area contributed by atoms with Crippen LogP contribution in [0, 0.1) is 5.92 Å². The van der Waals surface area contributed by atoms with Gasteiger partial charge in [0.2, 0.25) is 0 Å². The first-order valence-corrected chi connectivity index (χ1v) is 6.13. The van der Waals surface area contributed by atoms with E-state index in [1.807, 2.05) is 12.3 Å². The zero-order chi connectivity index (χ0) is 10.8. The van der Waals surface area contributed by atoms with Crippen LogP contribution in [0.4, 0.5) is 0 Å². The molecule has 1 aromatic heterocycles. The predicted octanol–water partition coefficient (Wildman–Crippen LogP) is 4.12. The van der Waals surface area contributed by atoms with Crippen molar-refractivity contribution < 1.29 is 0 Å². The first-order chi connectivity index (χ1) is 7.93. The molecule has 1 heteroatoms. The maximum atomic E-state index is 4.42. The number of benzene rings is 1. The van der Waals surface area contributed by atoms with Gasteiger partial charge in [0, 0.05) is 17.5 Å². The van der Waals surface area contributed by atoms with Crippen LogP contribution < -0.4 is 0 Å². The number of aromatic nitrogens is 1. The van der Waals surface area contributed by atoms with Crippen LogP contribution in [0.1, 0.15) is 37.7 Å². The molecule has 0 saturated heterocycles. The van der Waals surface area contributed by atoms with Crippen molar-refractivity contribution in [1.29, 1.82) is 0 Å². The normalized spacial score (nSPS) is 17.8. The second-order valence-electron chi connectivity index (χ2n) is 4.58. The third-order valence-corrected chi connectivity index (χ3v) is 3.47. The molecule has 2 aromatic rings. The summed E-state index contributed by atoms with van der Waals surface area (Å²) in [4.78, 5) is 4.42. The summed E-state index contributed by atoms with van der Waals surface area (Å²) in [7, 11) is 0. The molecule has 0 atom stereocenters. The van der Waals surface area contributed by atoms with E-state index in [9.17, 15) is 0 Å². The SMILES string of the molecule is c1cnc2cc([C]3CCCCC3)ccc2c1. The third-order valence-electron chi connectivity index (χ3n) is 3.47. The maximum Gasteiger partial charge on any atom is 0.0704 e. The zero-order valence-electron chi connectivity index (χ0n) is 9.45. The quantitative estimate of drug-likeness (QED) is 0.690. The Morgan fingerprint density at radius 1 is 0.938 bits per heavy atom. The average molecular weight is 210 g/mol. The average Bonchev–Trinajstić information content (AvgIpc) is 2.39. The number of rotatable bonds is 1. The van der Waals surface area contributed by atoms with Gasteiger partial charge in [0.15, 0.2) is 0 Å². The van der Waals surface area contributed by atoms with Gasteiger partial charge >= 0.3 is 0 Å². The summed E-state index contributed by atoms with van der Waals surface area (Å²) < 4.78 is 0. The minimum Gasteiger partial charge on any atom is -0.256 e. The van der Waals surface area contributed by atoms with Crippen LogP contribution in [0.5, 0.6) is 0 Å². The van der Waals surface area contributed by atoms with Crippen molar-refractivity contribution in [2.75, 3.05) is 0 Å². The van der Waals surface area contributed by atoms with E-state index in [1.165, 1.54) is 43.1 Å². The van der Waals surface area contributed by atoms with Crippen molar-refractivity contribution in [3.8, 4) is 0 Å². The summed E-state index contributed by atoms with van der Waals surface area (Å²) in [6, 6.07) is 10.8. The van der Waals surface area contributed by atoms with Gasteiger partial charge < -0.3 is 0 Å². The number of fused-ring (bicyclic) bond motifs is 1. The summed E-state index contributed by atoms with van der Waals surface area (Å²) in [6.45, 7) is 0. The van der Waals surface area contributed by atoms with Gasteiger partial charge in [0.25, 0.3) is 0 Å². The lowest BCUT2D eigenvalue weighted by Gasteiger charge is -2.21. The molecule has 81 valence electrons. The fourth-order valence-electron chi connectivity index (χ4n) is 2.55. The Hall–Kier alpha value is -1.37. The smallest absolute Gasteiger partial charge is 0.0704 e. The lowest BCUT2D eigenvalue weighted by molar-refractivity contribution is 0.551. The Kier molecular flexibility index (Phi) is 2.61. The molecule has 1 aliphatic carbocycles. The van der Waals surface area contributed by atoms with E-state index in [-0.39, 0.29) is 0 Å². The fourth-order valence-corrected chi connectivity index (χ4v) is 2.55. The van der Waals surface area contributed by atoms with Crippen molar-refractivity contribution >= 4 is 10.9 Å². The summed E-state index contributed by atoms with van der Waals surface area (Å²) in [5.74, 6) is 1.62. The molecular formula is C15H16N. The van der Waals surface area contributed by atoms with Gasteiger partial charge in [-0.3, -0.25) is 4.98 Å². The van der Waals surface area contributed by atoms with E-state index in [0.29, 0.717) is 0 Å². The van der Waals surface area contributed by atoms with Crippen molar-refractivity contribution in [3.63, 3.8) is 0 Å². The lowest BCUT2D eigenvalue weighted by atomic mass is 9.84. The van der Waals surface area contributed by atoms with Crippen molar-refractivity contribution in [2.24, 2.45) is 0 Å². The molecule has 16 heavy (non-hydrogen) atoms. The van der Waals surface area contributed by atoms with Gasteiger partial charge in [0.1, 0.15) is 0 Å². The van der Waals surface area contributed by atoms with Crippen molar-refractivity contribution in [3.05, 3.63) is 48.0 Å². The molecule has 0 aliphatic heterocycles. The molecule has 1 fully saturated rings. The summed E-state index contributed by atoms with van der Waals surface area (Å²) >= 11 is 0. The van der Waals surface area contributed by atoms with E-state index < -0.39 is 0 Å². The van der Waals surface area contributed by atoms with E-state index in [2.05, 4.69) is 29.2 Å². The highest BCUT2D eigenvalue weighted by Gasteiger charge is 2.16. The highest BCUT2D eigenvalue weighted by atomic mass is 14.6. The van der Waals surface area contributed by atoms with Crippen LogP contribution in [-0.2, 0) is 0 Å². The fraction of sp³-hybridized carbons (Fsp3) is 0.333. The molecule has 1 radical (unpaired) electrons. The standard InChI is InChI=1S/C15H16N/c1-2-5-12(6-3-1)14-9-8-13-7-4-10-16-15(13)11-14/h4,7-11H,1-3,5-6H2. The molecular weight excluding hydrogens is 194 g/mol. The molecule has 1 aliphatic rings. The molecule has 0 bridgehead atoms. The van der Waals surface area contributed by atoms with E-state index in [1.54, 1.807) is 5.92 Å². The van der Waals surface area contributed by atoms with Gasteiger partial charge in [-0.15, -0.1) is 0 Å². The van der Waals surface area contributed by atoms with Crippen molar-refractivity contribution in [1.82, 2.24) is 4.98 Å². The maximum absolute atomic E-state index is 4.42. The zero-order valence-corrected chi connectivity index (χ0v) is 9.45. The highest BCUT2D eigenvalue weighted by molar-refractivity contribution is 5.79. The molecule has 0 amide bonds. The molecule has 1 saturated carbocycles.